The first-order valence-electron chi connectivity index (χ1n) is 24.0. The predicted octanol–water partition coefficient (Wildman–Crippen LogP) is 1.56. The number of carbonyl (C=O) groups excluding carboxylic acids is 6. The van der Waals surface area contributed by atoms with Crippen LogP contribution in [0, 0.1) is 17.8 Å². The summed E-state index contributed by atoms with van der Waals surface area (Å²) < 4.78 is 40.8. The van der Waals surface area contributed by atoms with E-state index in [0.717, 1.165) is 4.90 Å². The number of sulfonamides is 1. The van der Waals surface area contributed by atoms with Crippen LogP contribution >= 0.6 is 0 Å². The molecule has 0 aromatic heterocycles. The summed E-state index contributed by atoms with van der Waals surface area (Å²) in [7, 11) is 8.09. The molecule has 1 saturated heterocycles. The van der Waals surface area contributed by atoms with Crippen molar-refractivity contribution in [3.8, 4) is 0 Å². The van der Waals surface area contributed by atoms with Crippen LogP contribution in [0.1, 0.15) is 75.1 Å². The smallest absolute Gasteiger partial charge is 0.256 e. The molecule has 0 unspecified atom stereocenters. The number of nitrogens with zero attached hydrogens (tertiary/aromatic N) is 7. The minimum absolute atomic E-state index is 0. The molecular weight excluding hydrogens is 923 g/mol. The molecule has 21 nitrogen and oxygen atoms in total. The first-order valence-corrected chi connectivity index (χ1v) is 25.6. The summed E-state index contributed by atoms with van der Waals surface area (Å²) in [4.78, 5) is 93.7. The number of benzene rings is 1. The lowest BCUT2D eigenvalue weighted by Gasteiger charge is -2.40. The van der Waals surface area contributed by atoms with E-state index in [1.165, 1.54) is 19.3 Å². The minimum Gasteiger partial charge on any atom is -0.379 e. The van der Waals surface area contributed by atoms with Gasteiger partial charge in [-0.05, 0) is 36.7 Å². The van der Waals surface area contributed by atoms with Crippen LogP contribution in [-0.2, 0) is 54.7 Å². The van der Waals surface area contributed by atoms with Crippen molar-refractivity contribution < 1.29 is 49.5 Å². The van der Waals surface area contributed by atoms with Gasteiger partial charge in [0, 0.05) is 90.2 Å². The highest BCUT2D eigenvalue weighted by Crippen LogP contribution is 2.30. The molecule has 0 bridgehead atoms. The molecule has 6 amide bonds. The van der Waals surface area contributed by atoms with Crippen LogP contribution in [-0.4, -0.2) is 191 Å². The Hall–Kier alpha value is -5.58. The monoisotopic (exact) mass is 1000 g/mol. The summed E-state index contributed by atoms with van der Waals surface area (Å²) in [5.41, 5.74) is 6.89. The van der Waals surface area contributed by atoms with Gasteiger partial charge < -0.3 is 39.8 Å². The van der Waals surface area contributed by atoms with Crippen LogP contribution in [0.25, 0.3) is 0 Å². The topological polar surface area (TPSA) is 235 Å². The number of nitrogens with one attached hydrogen (secondary N) is 4. The third-order valence-electron chi connectivity index (χ3n) is 13.1. The number of amides is 6. The number of hydrogen-bond acceptors (Lipinski definition) is 14. The molecule has 0 radical (unpaired) electrons. The van der Waals surface area contributed by atoms with Crippen molar-refractivity contribution in [2.24, 2.45) is 22.7 Å². The van der Waals surface area contributed by atoms with Crippen LogP contribution in [0.3, 0.4) is 0 Å². The van der Waals surface area contributed by atoms with Gasteiger partial charge in [0.1, 0.15) is 12.1 Å². The Morgan fingerprint density at radius 3 is 2.16 bits per heavy atom. The molecule has 3 heterocycles. The summed E-state index contributed by atoms with van der Waals surface area (Å²) in [5.74, 6) is -3.58. The third-order valence-corrected chi connectivity index (χ3v) is 14.4. The molecule has 394 valence electrons. The van der Waals surface area contributed by atoms with Crippen molar-refractivity contribution >= 4 is 51.4 Å². The molecule has 0 spiro atoms. The average Bonchev–Trinajstić information content (AvgIpc) is 4.06. The van der Waals surface area contributed by atoms with E-state index < -0.39 is 81.7 Å². The van der Waals surface area contributed by atoms with Gasteiger partial charge in [0.2, 0.25) is 27.7 Å². The Kier molecular flexibility index (Phi) is 21.2. The second kappa shape index (κ2) is 26.0. The maximum Gasteiger partial charge on any atom is 0.256 e. The number of imide groups is 1. The van der Waals surface area contributed by atoms with E-state index in [2.05, 4.69) is 21.0 Å². The summed E-state index contributed by atoms with van der Waals surface area (Å²) in [5, 5.41) is 4.35. The van der Waals surface area contributed by atoms with E-state index in [-0.39, 0.29) is 58.9 Å². The van der Waals surface area contributed by atoms with Crippen molar-refractivity contribution in [2.45, 2.75) is 110 Å². The number of likely N-dealkylation sites (N-methyl/N-ethyl adjacent to an activating group) is 1. The fraction of sp³-hybridized carbons (Fsp3) is 0.646. The Labute approximate surface area is 417 Å². The maximum absolute atomic E-state index is 14.4. The van der Waals surface area contributed by atoms with Gasteiger partial charge in [0.05, 0.1) is 54.6 Å². The molecule has 1 aromatic rings. The number of rotatable bonds is 25. The van der Waals surface area contributed by atoms with Gasteiger partial charge in [-0.2, -0.15) is 0 Å². The molecule has 22 heteroatoms. The lowest BCUT2D eigenvalue weighted by Crippen LogP contribution is -2.56. The molecule has 3 aliphatic heterocycles. The number of likely N-dealkylation sites (tertiary alicyclic amines) is 1. The maximum atomic E-state index is 14.4. The molecule has 0 aliphatic carbocycles. The summed E-state index contributed by atoms with van der Waals surface area (Å²) in [6, 6.07) is 5.93. The molecule has 4 rings (SSSR count). The number of hydrazine groups is 2. The van der Waals surface area contributed by atoms with Crippen molar-refractivity contribution in [1.82, 2.24) is 50.5 Å². The largest absolute Gasteiger partial charge is 0.379 e. The van der Waals surface area contributed by atoms with Gasteiger partial charge in [-0.3, -0.25) is 43.4 Å². The van der Waals surface area contributed by atoms with E-state index >= 15 is 0 Å². The number of aliphatic imine (C=N–C) groups is 1. The van der Waals surface area contributed by atoms with Crippen molar-refractivity contribution in [1.29, 1.82) is 0 Å². The van der Waals surface area contributed by atoms with Gasteiger partial charge in [-0.15, -0.1) is 5.53 Å². The van der Waals surface area contributed by atoms with E-state index in [0.29, 0.717) is 43.0 Å². The van der Waals surface area contributed by atoms with Crippen LogP contribution in [0.4, 0.5) is 0 Å². The predicted molar refractivity (Wildman–Crippen MR) is 269 cm³/mol. The Bertz CT molecular complexity index is 2170. The van der Waals surface area contributed by atoms with Crippen molar-refractivity contribution in [2.75, 3.05) is 74.8 Å². The van der Waals surface area contributed by atoms with Gasteiger partial charge in [-0.25, -0.2) is 13.4 Å². The molecule has 70 heavy (non-hydrogen) atoms. The van der Waals surface area contributed by atoms with Gasteiger partial charge in [0.25, 0.3) is 17.7 Å². The summed E-state index contributed by atoms with van der Waals surface area (Å²) in [6.45, 7) is 10.2. The zero-order valence-electron chi connectivity index (χ0n) is 43.0. The second-order valence-corrected chi connectivity index (χ2v) is 20.9. The molecule has 4 N–H and O–H groups in total. The van der Waals surface area contributed by atoms with Crippen LogP contribution in [0.5, 0.6) is 0 Å². The Morgan fingerprint density at radius 1 is 0.943 bits per heavy atom. The van der Waals surface area contributed by atoms with Crippen LogP contribution in [0.15, 0.2) is 59.4 Å². The molecule has 0 saturated carbocycles. The Morgan fingerprint density at radius 2 is 1.59 bits per heavy atom. The number of methoxy groups -OCH3 is 2. The van der Waals surface area contributed by atoms with E-state index in [1.54, 1.807) is 72.4 Å². The fourth-order valence-corrected chi connectivity index (χ4v) is 10.2. The minimum atomic E-state index is -4.18. The normalized spacial score (nSPS) is 18.9. The highest BCUT2D eigenvalue weighted by Gasteiger charge is 2.43. The van der Waals surface area contributed by atoms with Crippen molar-refractivity contribution in [3.63, 3.8) is 0 Å². The quantitative estimate of drug-likeness (QED) is 0.0619. The lowest BCUT2D eigenvalue weighted by atomic mass is 9.89. The molecule has 1 aromatic carbocycles. The standard InChI is InChI=1S/C48H77N11O10S.2H2/c1-13-32(4)43(56(10)47(65)42(31(2)3)50-48(54(6)7)55(8)9)38(68-11)28-41(62)58-25-17-21-37(58)44(69-12)33(5)45(63)49-36(27-34-19-15-14-16-20-34)46(64)52-70(66,67)26-18-24-57-29-35(51-53-57)30-59-39(60)22-23-40(59)61;;/h14-16,19-20,22-23,29,31-33,36-38,42-44,51,53H,13,17-18,21,24-28,30H2,1-12H3,(H,49,63)(H,52,64);2*1H/t32-,33+,36-,37-,38+,42-,43-,44+;;/m0../s1. The number of guanidine groups is 1. The van der Waals surface area contributed by atoms with Gasteiger partial charge in [-0.1, -0.05) is 71.4 Å². The van der Waals surface area contributed by atoms with Gasteiger partial charge in [0.15, 0.2) is 5.96 Å². The third kappa shape index (κ3) is 15.2. The fourth-order valence-electron chi connectivity index (χ4n) is 9.18. The summed E-state index contributed by atoms with van der Waals surface area (Å²) in [6.07, 6.45) is 4.47. The lowest BCUT2D eigenvalue weighted by molar-refractivity contribution is -0.146. The van der Waals surface area contributed by atoms with E-state index in [1.807, 2.05) is 65.7 Å². The molecular formula is C48H81N11O10S. The van der Waals surface area contributed by atoms with Crippen LogP contribution < -0.4 is 21.0 Å². The SMILES string of the molecule is CC[C@H](C)[C@@H]([C@@H](CC(=O)N1CCC[C@H]1[C@H](OC)[C@@H](C)C(=O)N[C@@H](Cc1ccccc1)C(=O)NS(=O)(=O)CCCN1C=C(CN2C(=O)C=CC2=O)NN1)OC)N(C)C(=O)[C@@H](N=C(N(C)C)N(C)C)C(C)C.[HH].[HH]. The van der Waals surface area contributed by atoms with Gasteiger partial charge >= 0.3 is 0 Å². The highest BCUT2D eigenvalue weighted by atomic mass is 32.2. The molecule has 3 aliphatic rings. The second-order valence-electron chi connectivity index (χ2n) is 19.1. The summed E-state index contributed by atoms with van der Waals surface area (Å²) >= 11 is 0. The molecule has 1 fully saturated rings. The number of hydrogen-bond donors (Lipinski definition) is 4. The number of carbonyl (C=O) groups is 6. The first kappa shape index (κ1) is 57.0. The molecule has 8 atom stereocenters. The van der Waals surface area contributed by atoms with Crippen LogP contribution in [0.2, 0.25) is 0 Å². The van der Waals surface area contributed by atoms with Crippen molar-refractivity contribution in [3.05, 3.63) is 59.9 Å². The highest BCUT2D eigenvalue weighted by molar-refractivity contribution is 7.90. The number of ether oxygens (including phenoxy) is 2. The average molecular weight is 1000 g/mol. The Balaban J connectivity index is 0.00000888. The van der Waals surface area contributed by atoms with E-state index in [9.17, 15) is 37.2 Å². The zero-order chi connectivity index (χ0) is 52.0. The zero-order valence-corrected chi connectivity index (χ0v) is 43.8. The van der Waals surface area contributed by atoms with E-state index in [4.69, 9.17) is 14.5 Å². The first-order chi connectivity index (χ1) is 33.0.